The van der Waals surface area contributed by atoms with Crippen molar-refractivity contribution in [3.05, 3.63) is 24.2 Å². The van der Waals surface area contributed by atoms with Crippen LogP contribution in [-0.2, 0) is 16.1 Å². The zero-order chi connectivity index (χ0) is 12.7. The first-order chi connectivity index (χ1) is 8.66. The minimum atomic E-state index is -0.0868. The van der Waals surface area contributed by atoms with Gasteiger partial charge in [-0.15, -0.1) is 0 Å². The first-order valence-corrected chi connectivity index (χ1v) is 6.54. The van der Waals surface area contributed by atoms with E-state index in [1.54, 1.807) is 18.4 Å². The molecule has 0 unspecified atom stereocenters. The molecule has 2 fully saturated rings. The number of rotatable bonds is 2. The van der Waals surface area contributed by atoms with Crippen molar-refractivity contribution in [3.63, 3.8) is 0 Å². The maximum atomic E-state index is 12.3. The highest BCUT2D eigenvalue weighted by Crippen LogP contribution is 2.40. The number of nitrogens with zero attached hydrogens (tertiary/aromatic N) is 1. The number of imide groups is 1. The highest BCUT2D eigenvalue weighted by atomic mass is 16.3. The molecule has 0 radical (unpaired) electrons. The third-order valence-electron chi connectivity index (χ3n) is 4.17. The molecule has 4 nitrogen and oxygen atoms in total. The largest absolute Gasteiger partial charge is 0.467 e. The summed E-state index contributed by atoms with van der Waals surface area (Å²) in [6.45, 7) is 2.44. The van der Waals surface area contributed by atoms with Crippen molar-refractivity contribution in [1.29, 1.82) is 0 Å². The molecule has 3 atom stereocenters. The second-order valence-corrected chi connectivity index (χ2v) is 5.47. The summed E-state index contributed by atoms with van der Waals surface area (Å²) in [5.74, 6) is 1.04. The van der Waals surface area contributed by atoms with Crippen LogP contribution in [0.15, 0.2) is 22.8 Å². The topological polar surface area (TPSA) is 50.5 Å². The zero-order valence-electron chi connectivity index (χ0n) is 10.5. The smallest absolute Gasteiger partial charge is 0.233 e. The van der Waals surface area contributed by atoms with Gasteiger partial charge in [-0.05, 0) is 37.3 Å². The highest BCUT2D eigenvalue weighted by molar-refractivity contribution is 6.05. The number of amides is 2. The molecule has 1 aliphatic carbocycles. The number of likely N-dealkylation sites (tertiary alicyclic amines) is 1. The number of fused-ring (bicyclic) bond motifs is 1. The predicted octanol–water partition coefficient (Wildman–Crippen LogP) is 2.20. The molecule has 2 amide bonds. The molecular formula is C14H17NO3. The third-order valence-corrected chi connectivity index (χ3v) is 4.17. The Bertz CT molecular complexity index is 465. The second kappa shape index (κ2) is 4.26. The molecular weight excluding hydrogens is 230 g/mol. The van der Waals surface area contributed by atoms with Gasteiger partial charge < -0.3 is 4.42 Å². The average Bonchev–Trinajstić information content (AvgIpc) is 2.93. The van der Waals surface area contributed by atoms with Crippen molar-refractivity contribution in [2.24, 2.45) is 17.8 Å². The standard InChI is InChI=1S/C14H17NO3/c1-9-4-5-11-12(7-9)14(17)15(13(11)16)8-10-3-2-6-18-10/h2-3,6,9,11-12H,4-5,7-8H2,1H3/t9-,11-,12+/m1/s1. The van der Waals surface area contributed by atoms with Crippen LogP contribution in [0.5, 0.6) is 0 Å². The van der Waals surface area contributed by atoms with Crippen LogP contribution in [0.1, 0.15) is 31.9 Å². The van der Waals surface area contributed by atoms with E-state index in [0.717, 1.165) is 19.3 Å². The lowest BCUT2D eigenvalue weighted by atomic mass is 9.76. The van der Waals surface area contributed by atoms with Crippen LogP contribution >= 0.6 is 0 Å². The van der Waals surface area contributed by atoms with Gasteiger partial charge in [0.05, 0.1) is 24.6 Å². The molecule has 1 aromatic heterocycles. The van der Waals surface area contributed by atoms with E-state index in [9.17, 15) is 9.59 Å². The van der Waals surface area contributed by atoms with Gasteiger partial charge in [-0.1, -0.05) is 6.92 Å². The average molecular weight is 247 g/mol. The van der Waals surface area contributed by atoms with Crippen molar-refractivity contribution in [1.82, 2.24) is 4.90 Å². The van der Waals surface area contributed by atoms with Gasteiger partial charge in [-0.3, -0.25) is 14.5 Å². The number of carbonyl (C=O) groups is 2. The Morgan fingerprint density at radius 3 is 2.78 bits per heavy atom. The Morgan fingerprint density at radius 1 is 1.28 bits per heavy atom. The van der Waals surface area contributed by atoms with Gasteiger partial charge in [0.15, 0.2) is 0 Å². The molecule has 3 rings (SSSR count). The first-order valence-electron chi connectivity index (χ1n) is 6.54. The fraction of sp³-hybridized carbons (Fsp3) is 0.571. The normalized spacial score (nSPS) is 31.8. The Hall–Kier alpha value is -1.58. The van der Waals surface area contributed by atoms with Gasteiger partial charge >= 0.3 is 0 Å². The molecule has 4 heteroatoms. The number of hydrogen-bond donors (Lipinski definition) is 0. The van der Waals surface area contributed by atoms with E-state index in [4.69, 9.17) is 4.42 Å². The van der Waals surface area contributed by atoms with E-state index in [1.807, 2.05) is 0 Å². The van der Waals surface area contributed by atoms with E-state index in [2.05, 4.69) is 6.92 Å². The molecule has 0 N–H and O–H groups in total. The van der Waals surface area contributed by atoms with Gasteiger partial charge in [-0.2, -0.15) is 0 Å². The summed E-state index contributed by atoms with van der Waals surface area (Å²) >= 11 is 0. The zero-order valence-corrected chi connectivity index (χ0v) is 10.5. The molecule has 18 heavy (non-hydrogen) atoms. The van der Waals surface area contributed by atoms with Crippen LogP contribution in [-0.4, -0.2) is 16.7 Å². The minimum Gasteiger partial charge on any atom is -0.467 e. The van der Waals surface area contributed by atoms with Gasteiger partial charge in [0.1, 0.15) is 5.76 Å². The number of furan rings is 1. The van der Waals surface area contributed by atoms with Gasteiger partial charge in [-0.25, -0.2) is 0 Å². The van der Waals surface area contributed by atoms with Crippen LogP contribution in [0.25, 0.3) is 0 Å². The monoisotopic (exact) mass is 247 g/mol. The van der Waals surface area contributed by atoms with Crippen LogP contribution in [0.3, 0.4) is 0 Å². The van der Waals surface area contributed by atoms with E-state index in [1.165, 1.54) is 4.90 Å². The fourth-order valence-corrected chi connectivity index (χ4v) is 3.17. The molecule has 1 aliphatic heterocycles. The summed E-state index contributed by atoms with van der Waals surface area (Å²) < 4.78 is 5.22. The van der Waals surface area contributed by atoms with E-state index < -0.39 is 0 Å². The van der Waals surface area contributed by atoms with Crippen LogP contribution in [0, 0.1) is 17.8 Å². The summed E-state index contributed by atoms with van der Waals surface area (Å²) in [4.78, 5) is 25.9. The third kappa shape index (κ3) is 1.76. The number of carbonyl (C=O) groups excluding carboxylic acids is 2. The molecule has 0 aromatic carbocycles. The second-order valence-electron chi connectivity index (χ2n) is 5.47. The lowest BCUT2D eigenvalue weighted by molar-refractivity contribution is -0.140. The van der Waals surface area contributed by atoms with Crippen molar-refractivity contribution < 1.29 is 14.0 Å². The summed E-state index contributed by atoms with van der Waals surface area (Å²) in [6, 6.07) is 3.57. The molecule has 1 aromatic rings. The Kier molecular flexibility index (Phi) is 2.73. The molecule has 1 saturated heterocycles. The molecule has 2 heterocycles. The lowest BCUT2D eigenvalue weighted by Crippen LogP contribution is -2.30. The fourth-order valence-electron chi connectivity index (χ4n) is 3.17. The van der Waals surface area contributed by atoms with Gasteiger partial charge in [0, 0.05) is 0 Å². The Balaban J connectivity index is 1.80. The van der Waals surface area contributed by atoms with Gasteiger partial charge in [0.2, 0.25) is 11.8 Å². The number of hydrogen-bond acceptors (Lipinski definition) is 3. The lowest BCUT2D eigenvalue weighted by Gasteiger charge is -2.25. The van der Waals surface area contributed by atoms with Gasteiger partial charge in [0.25, 0.3) is 0 Å². The Morgan fingerprint density at radius 2 is 2.06 bits per heavy atom. The van der Waals surface area contributed by atoms with Crippen molar-refractivity contribution in [2.45, 2.75) is 32.7 Å². The summed E-state index contributed by atoms with van der Waals surface area (Å²) in [6.07, 6.45) is 4.32. The van der Waals surface area contributed by atoms with Crippen LogP contribution in [0.4, 0.5) is 0 Å². The first kappa shape index (κ1) is 11.5. The molecule has 0 bridgehead atoms. The summed E-state index contributed by atoms with van der Waals surface area (Å²) in [7, 11) is 0. The molecule has 0 spiro atoms. The Labute approximate surface area is 106 Å². The van der Waals surface area contributed by atoms with Crippen LogP contribution < -0.4 is 0 Å². The van der Waals surface area contributed by atoms with Crippen molar-refractivity contribution in [3.8, 4) is 0 Å². The highest BCUT2D eigenvalue weighted by Gasteiger charge is 2.49. The predicted molar refractivity (Wildman–Crippen MR) is 64.3 cm³/mol. The van der Waals surface area contributed by atoms with Crippen LogP contribution in [0.2, 0.25) is 0 Å². The maximum absolute atomic E-state index is 12.3. The molecule has 96 valence electrons. The van der Waals surface area contributed by atoms with E-state index in [-0.39, 0.29) is 30.2 Å². The SMILES string of the molecule is C[C@@H]1CC[C@H]2C(=O)N(Cc3ccco3)C(=O)[C@H]2C1. The quantitative estimate of drug-likeness (QED) is 0.753. The summed E-state index contributed by atoms with van der Waals surface area (Å²) in [5.41, 5.74) is 0. The van der Waals surface area contributed by atoms with E-state index >= 15 is 0 Å². The maximum Gasteiger partial charge on any atom is 0.233 e. The van der Waals surface area contributed by atoms with Crippen molar-refractivity contribution in [2.75, 3.05) is 0 Å². The van der Waals surface area contributed by atoms with E-state index in [0.29, 0.717) is 11.7 Å². The van der Waals surface area contributed by atoms with Crippen molar-refractivity contribution >= 4 is 11.8 Å². The summed E-state index contributed by atoms with van der Waals surface area (Å²) in [5, 5.41) is 0. The molecule has 2 aliphatic rings. The minimum absolute atomic E-state index is 0.00620. The molecule has 1 saturated carbocycles.